The summed E-state index contributed by atoms with van der Waals surface area (Å²) in [6.07, 6.45) is 11.1. The summed E-state index contributed by atoms with van der Waals surface area (Å²) in [5.74, 6) is 0. The first-order valence-corrected chi connectivity index (χ1v) is 8.58. The van der Waals surface area contributed by atoms with Crippen LogP contribution in [0, 0.1) is 5.41 Å². The Morgan fingerprint density at radius 1 is 1.11 bits per heavy atom. The van der Waals surface area contributed by atoms with Gasteiger partial charge in [-0.3, -0.25) is 0 Å². The lowest BCUT2D eigenvalue weighted by Crippen LogP contribution is -2.45. The van der Waals surface area contributed by atoms with E-state index < -0.39 is 0 Å². The molecule has 0 amide bonds. The highest BCUT2D eigenvalue weighted by molar-refractivity contribution is 4.86. The van der Waals surface area contributed by atoms with Crippen LogP contribution in [0.3, 0.4) is 0 Å². The number of rotatable bonds is 4. The first-order chi connectivity index (χ1) is 9.11. The maximum absolute atomic E-state index is 3.75. The van der Waals surface area contributed by atoms with Crippen molar-refractivity contribution in [2.24, 2.45) is 5.41 Å². The van der Waals surface area contributed by atoms with Gasteiger partial charge in [0.25, 0.3) is 0 Å². The minimum Gasteiger partial charge on any atom is -0.314 e. The van der Waals surface area contributed by atoms with Crippen molar-refractivity contribution in [3.05, 3.63) is 0 Å². The molecule has 1 N–H and O–H groups in total. The Kier molecular flexibility index (Phi) is 5.70. The van der Waals surface area contributed by atoms with Crippen molar-refractivity contribution in [1.29, 1.82) is 0 Å². The first kappa shape index (κ1) is 15.3. The smallest absolute Gasteiger partial charge is 0.0110 e. The quantitative estimate of drug-likeness (QED) is 0.832. The molecule has 1 heterocycles. The largest absolute Gasteiger partial charge is 0.314 e. The van der Waals surface area contributed by atoms with E-state index in [-0.39, 0.29) is 0 Å². The summed E-state index contributed by atoms with van der Waals surface area (Å²) in [5.41, 5.74) is 0.573. The van der Waals surface area contributed by atoms with Gasteiger partial charge in [-0.15, -0.1) is 0 Å². The van der Waals surface area contributed by atoms with Gasteiger partial charge in [0.15, 0.2) is 0 Å². The molecule has 0 aromatic carbocycles. The van der Waals surface area contributed by atoms with Gasteiger partial charge in [-0.05, 0) is 70.0 Å². The van der Waals surface area contributed by atoms with Gasteiger partial charge >= 0.3 is 0 Å². The molecule has 1 saturated heterocycles. The highest BCUT2D eigenvalue weighted by Gasteiger charge is 2.30. The van der Waals surface area contributed by atoms with E-state index >= 15 is 0 Å². The van der Waals surface area contributed by atoms with E-state index in [4.69, 9.17) is 0 Å². The van der Waals surface area contributed by atoms with Gasteiger partial charge in [-0.1, -0.05) is 27.2 Å². The van der Waals surface area contributed by atoms with Crippen LogP contribution in [-0.4, -0.2) is 36.6 Å². The molecule has 2 aliphatic rings. The third kappa shape index (κ3) is 4.75. The molecule has 2 heteroatoms. The first-order valence-electron chi connectivity index (χ1n) is 8.58. The van der Waals surface area contributed by atoms with Crippen molar-refractivity contribution < 1.29 is 0 Å². The maximum atomic E-state index is 3.75. The molecule has 1 aliphatic heterocycles. The Bertz CT molecular complexity index is 262. The highest BCUT2D eigenvalue weighted by Crippen LogP contribution is 2.32. The maximum Gasteiger partial charge on any atom is 0.0110 e. The van der Waals surface area contributed by atoms with Crippen LogP contribution in [0.1, 0.15) is 72.1 Å². The molecule has 0 radical (unpaired) electrons. The third-order valence-corrected chi connectivity index (χ3v) is 5.22. The van der Waals surface area contributed by atoms with Crippen LogP contribution in [-0.2, 0) is 0 Å². The minimum atomic E-state index is 0.573. The molecule has 1 aliphatic carbocycles. The predicted octanol–water partition coefficient (Wildman–Crippen LogP) is 3.81. The number of hydrogen-bond acceptors (Lipinski definition) is 2. The van der Waals surface area contributed by atoms with E-state index in [1.165, 1.54) is 71.0 Å². The minimum absolute atomic E-state index is 0.573. The summed E-state index contributed by atoms with van der Waals surface area (Å²) in [4.78, 5) is 2.81. The lowest BCUT2D eigenvalue weighted by Gasteiger charge is -2.37. The summed E-state index contributed by atoms with van der Waals surface area (Å²) < 4.78 is 0. The summed E-state index contributed by atoms with van der Waals surface area (Å²) in [6.45, 7) is 11.0. The van der Waals surface area contributed by atoms with Crippen LogP contribution in [0.15, 0.2) is 0 Å². The molecule has 0 aromatic heterocycles. The number of nitrogens with one attached hydrogen (secondary N) is 1. The van der Waals surface area contributed by atoms with Gasteiger partial charge in [0, 0.05) is 12.1 Å². The fourth-order valence-corrected chi connectivity index (χ4v) is 3.84. The van der Waals surface area contributed by atoms with Crippen LogP contribution >= 0.6 is 0 Å². The average Bonchev–Trinajstić information content (AvgIpc) is 2.58. The van der Waals surface area contributed by atoms with Crippen molar-refractivity contribution in [3.63, 3.8) is 0 Å². The van der Waals surface area contributed by atoms with Gasteiger partial charge in [0.05, 0.1) is 0 Å². The van der Waals surface area contributed by atoms with E-state index in [9.17, 15) is 0 Å². The second kappa shape index (κ2) is 7.08. The zero-order valence-electron chi connectivity index (χ0n) is 13.4. The molecule has 2 unspecified atom stereocenters. The lowest BCUT2D eigenvalue weighted by atomic mass is 9.85. The summed E-state index contributed by atoms with van der Waals surface area (Å²) in [5, 5.41) is 3.75. The van der Waals surface area contributed by atoms with Crippen LogP contribution < -0.4 is 5.32 Å². The molecule has 2 atom stereocenters. The molecule has 112 valence electrons. The Labute approximate surface area is 120 Å². The van der Waals surface area contributed by atoms with Crippen molar-refractivity contribution in [1.82, 2.24) is 10.2 Å². The van der Waals surface area contributed by atoms with E-state index in [0.29, 0.717) is 5.41 Å². The SMILES string of the molecule is CCCNC1CCCC(N2CCCC(C)(C)CC2)C1. The number of nitrogens with zero attached hydrogens (tertiary/aromatic N) is 1. The Hall–Kier alpha value is -0.0800. The van der Waals surface area contributed by atoms with E-state index in [2.05, 4.69) is 31.0 Å². The Morgan fingerprint density at radius 2 is 1.95 bits per heavy atom. The average molecular weight is 266 g/mol. The lowest BCUT2D eigenvalue weighted by molar-refractivity contribution is 0.139. The van der Waals surface area contributed by atoms with E-state index in [0.717, 1.165) is 12.1 Å². The zero-order valence-corrected chi connectivity index (χ0v) is 13.4. The topological polar surface area (TPSA) is 15.3 Å². The predicted molar refractivity (Wildman–Crippen MR) is 83.5 cm³/mol. The molecule has 0 bridgehead atoms. The second-order valence-electron chi connectivity index (χ2n) is 7.53. The van der Waals surface area contributed by atoms with E-state index in [1.54, 1.807) is 0 Å². The molecule has 2 nitrogen and oxygen atoms in total. The van der Waals surface area contributed by atoms with Gasteiger partial charge in [-0.2, -0.15) is 0 Å². The molecule has 2 fully saturated rings. The molecule has 2 rings (SSSR count). The van der Waals surface area contributed by atoms with Gasteiger partial charge in [0.1, 0.15) is 0 Å². The molecular weight excluding hydrogens is 232 g/mol. The normalized spacial score (nSPS) is 33.0. The van der Waals surface area contributed by atoms with Crippen LogP contribution in [0.4, 0.5) is 0 Å². The molecule has 0 aromatic rings. The highest BCUT2D eigenvalue weighted by atomic mass is 15.2. The zero-order chi connectivity index (χ0) is 13.7. The Balaban J connectivity index is 1.83. The second-order valence-corrected chi connectivity index (χ2v) is 7.53. The number of hydrogen-bond donors (Lipinski definition) is 1. The fraction of sp³-hybridized carbons (Fsp3) is 1.00. The van der Waals surface area contributed by atoms with Gasteiger partial charge in [0.2, 0.25) is 0 Å². The van der Waals surface area contributed by atoms with Gasteiger partial charge in [-0.25, -0.2) is 0 Å². The standard InChI is InChI=1S/C17H34N2/c1-4-11-18-15-7-5-8-16(14-15)19-12-6-9-17(2,3)10-13-19/h15-16,18H,4-14H2,1-3H3. The van der Waals surface area contributed by atoms with Crippen LogP contribution in [0.2, 0.25) is 0 Å². The molecular formula is C17H34N2. The number of likely N-dealkylation sites (tertiary alicyclic amines) is 1. The molecule has 1 saturated carbocycles. The fourth-order valence-electron chi connectivity index (χ4n) is 3.84. The van der Waals surface area contributed by atoms with Crippen molar-refractivity contribution in [2.75, 3.05) is 19.6 Å². The summed E-state index contributed by atoms with van der Waals surface area (Å²) in [6, 6.07) is 1.65. The Morgan fingerprint density at radius 3 is 2.74 bits per heavy atom. The van der Waals surface area contributed by atoms with Crippen molar-refractivity contribution in [2.45, 2.75) is 84.2 Å². The third-order valence-electron chi connectivity index (χ3n) is 5.22. The molecule has 0 spiro atoms. The van der Waals surface area contributed by atoms with Crippen LogP contribution in [0.5, 0.6) is 0 Å². The monoisotopic (exact) mass is 266 g/mol. The van der Waals surface area contributed by atoms with Crippen LogP contribution in [0.25, 0.3) is 0 Å². The summed E-state index contributed by atoms with van der Waals surface area (Å²) in [7, 11) is 0. The van der Waals surface area contributed by atoms with Gasteiger partial charge < -0.3 is 10.2 Å². The van der Waals surface area contributed by atoms with Crippen molar-refractivity contribution in [3.8, 4) is 0 Å². The molecule has 19 heavy (non-hydrogen) atoms. The summed E-state index contributed by atoms with van der Waals surface area (Å²) >= 11 is 0. The van der Waals surface area contributed by atoms with E-state index in [1.807, 2.05) is 0 Å². The van der Waals surface area contributed by atoms with Crippen molar-refractivity contribution >= 4 is 0 Å².